The molecule has 25 heavy (non-hydrogen) atoms. The number of amides is 2. The second-order valence-corrected chi connectivity index (χ2v) is 6.43. The van der Waals surface area contributed by atoms with Crippen LogP contribution in [-0.2, 0) is 9.59 Å². The number of anilines is 2. The van der Waals surface area contributed by atoms with Crippen LogP contribution in [0.25, 0.3) is 0 Å². The average Bonchev–Trinajstić information content (AvgIpc) is 3.01. The maximum atomic E-state index is 12.3. The summed E-state index contributed by atoms with van der Waals surface area (Å²) >= 11 is 0. The molecule has 1 aliphatic heterocycles. The number of carbonyl (C=O) groups is 2. The second kappa shape index (κ2) is 7.94. The van der Waals surface area contributed by atoms with Crippen LogP contribution in [0, 0.1) is 12.8 Å². The van der Waals surface area contributed by atoms with Crippen molar-refractivity contribution in [2.24, 2.45) is 5.92 Å². The zero-order valence-corrected chi connectivity index (χ0v) is 14.2. The number of likely N-dealkylation sites (tertiary alicyclic amines) is 1. The molecule has 2 amide bonds. The summed E-state index contributed by atoms with van der Waals surface area (Å²) in [6.07, 6.45) is 1.56. The van der Waals surface area contributed by atoms with Crippen molar-refractivity contribution in [3.8, 4) is 0 Å². The van der Waals surface area contributed by atoms with E-state index in [9.17, 15) is 9.59 Å². The number of hydrogen-bond acceptors (Lipinski definition) is 4. The molecule has 3 rings (SSSR count). The van der Waals surface area contributed by atoms with Gasteiger partial charge in [-0.2, -0.15) is 0 Å². The van der Waals surface area contributed by atoms with Crippen LogP contribution in [0.3, 0.4) is 0 Å². The van der Waals surface area contributed by atoms with E-state index in [2.05, 4.69) is 15.8 Å². The Kier molecular flexibility index (Phi) is 5.45. The minimum atomic E-state index is -0.0875. The summed E-state index contributed by atoms with van der Waals surface area (Å²) in [5, 5.41) is 9.44. The molecule has 2 heterocycles. The lowest BCUT2D eigenvalue weighted by Gasteiger charge is -2.28. The van der Waals surface area contributed by atoms with E-state index in [-0.39, 0.29) is 17.7 Å². The van der Waals surface area contributed by atoms with Crippen molar-refractivity contribution in [3.63, 3.8) is 0 Å². The Hall–Kier alpha value is -2.67. The zero-order chi connectivity index (χ0) is 17.6. The van der Waals surface area contributed by atoms with Crippen LogP contribution in [0.15, 0.2) is 40.9 Å². The van der Waals surface area contributed by atoms with Crippen LogP contribution in [0.2, 0.25) is 0 Å². The topological polar surface area (TPSA) is 88.7 Å². The van der Waals surface area contributed by atoms with E-state index in [1.54, 1.807) is 13.0 Å². The van der Waals surface area contributed by atoms with Gasteiger partial charge in [0.1, 0.15) is 5.76 Å². The molecule has 0 spiro atoms. The third-order valence-electron chi connectivity index (χ3n) is 4.41. The highest BCUT2D eigenvalue weighted by Crippen LogP contribution is 2.14. The number of carbonyl (C=O) groups excluding carboxylic acids is 2. The van der Waals surface area contributed by atoms with Crippen molar-refractivity contribution in [1.29, 1.82) is 0 Å². The lowest BCUT2D eigenvalue weighted by atomic mass is 9.96. The lowest BCUT2D eigenvalue weighted by Crippen LogP contribution is -3.14. The molecule has 0 saturated carbocycles. The SMILES string of the molecule is Cc1cc(NC(=O)C[NH+]2CCC(C(=O)Nc3ccccc3)CC2)no1. The molecule has 2 aromatic rings. The van der Waals surface area contributed by atoms with Gasteiger partial charge >= 0.3 is 0 Å². The van der Waals surface area contributed by atoms with Crippen LogP contribution in [-0.4, -0.2) is 36.6 Å². The maximum absolute atomic E-state index is 12.3. The van der Waals surface area contributed by atoms with Gasteiger partial charge in [-0.15, -0.1) is 0 Å². The van der Waals surface area contributed by atoms with Crippen molar-refractivity contribution < 1.29 is 19.0 Å². The summed E-state index contributed by atoms with van der Waals surface area (Å²) in [6, 6.07) is 11.2. The first kappa shape index (κ1) is 17.2. The third-order valence-corrected chi connectivity index (χ3v) is 4.41. The second-order valence-electron chi connectivity index (χ2n) is 6.43. The van der Waals surface area contributed by atoms with E-state index in [1.807, 2.05) is 30.3 Å². The number of quaternary nitrogens is 1. The van der Waals surface area contributed by atoms with Crippen molar-refractivity contribution in [2.75, 3.05) is 30.3 Å². The number of rotatable bonds is 5. The predicted molar refractivity (Wildman–Crippen MR) is 93.2 cm³/mol. The van der Waals surface area contributed by atoms with Crippen molar-refractivity contribution >= 4 is 23.3 Å². The normalized spacial score (nSPS) is 20.0. The molecular formula is C18H23N4O3+. The minimum Gasteiger partial charge on any atom is -0.360 e. The Balaban J connectivity index is 1.42. The number of para-hydroxylation sites is 1. The first-order chi connectivity index (χ1) is 12.1. The average molecular weight is 343 g/mol. The fraction of sp³-hybridized carbons (Fsp3) is 0.389. The summed E-state index contributed by atoms with van der Waals surface area (Å²) in [7, 11) is 0. The third kappa shape index (κ3) is 4.90. The number of piperidine rings is 1. The van der Waals surface area contributed by atoms with Gasteiger partial charge in [-0.05, 0) is 19.1 Å². The summed E-state index contributed by atoms with van der Waals surface area (Å²) in [5.41, 5.74) is 0.824. The Morgan fingerprint density at radius 2 is 1.92 bits per heavy atom. The fourth-order valence-corrected chi connectivity index (χ4v) is 3.07. The minimum absolute atomic E-state index is 0.00482. The summed E-state index contributed by atoms with van der Waals surface area (Å²) in [5.74, 6) is 1.08. The van der Waals surface area contributed by atoms with Gasteiger partial charge in [0.2, 0.25) is 5.91 Å². The molecule has 0 radical (unpaired) electrons. The molecule has 0 aliphatic carbocycles. The highest BCUT2D eigenvalue weighted by Gasteiger charge is 2.28. The van der Waals surface area contributed by atoms with Crippen LogP contribution < -0.4 is 15.5 Å². The van der Waals surface area contributed by atoms with Crippen molar-refractivity contribution in [1.82, 2.24) is 5.16 Å². The van der Waals surface area contributed by atoms with Crippen LogP contribution in [0.4, 0.5) is 11.5 Å². The maximum Gasteiger partial charge on any atom is 0.280 e. The summed E-state index contributed by atoms with van der Waals surface area (Å²) < 4.78 is 4.93. The molecule has 7 nitrogen and oxygen atoms in total. The fourth-order valence-electron chi connectivity index (χ4n) is 3.07. The van der Waals surface area contributed by atoms with Crippen molar-refractivity contribution in [2.45, 2.75) is 19.8 Å². The highest BCUT2D eigenvalue weighted by molar-refractivity contribution is 5.92. The molecule has 0 bridgehead atoms. The van der Waals surface area contributed by atoms with Gasteiger partial charge in [0.05, 0.1) is 13.1 Å². The number of aryl methyl sites for hydroxylation is 1. The van der Waals surface area contributed by atoms with Gasteiger partial charge < -0.3 is 20.1 Å². The van der Waals surface area contributed by atoms with Gasteiger partial charge in [-0.1, -0.05) is 23.4 Å². The van der Waals surface area contributed by atoms with Gasteiger partial charge in [-0.3, -0.25) is 9.59 Å². The molecule has 1 aromatic heterocycles. The standard InChI is InChI=1S/C18H22N4O3/c1-13-11-16(21-25-13)20-17(23)12-22-9-7-14(8-10-22)18(24)19-15-5-3-2-4-6-15/h2-6,11,14H,7-10,12H2,1H3,(H,19,24)(H,20,21,23)/p+1. The van der Waals surface area contributed by atoms with E-state index in [1.165, 1.54) is 4.90 Å². The molecule has 0 unspecified atom stereocenters. The van der Waals surface area contributed by atoms with Crippen molar-refractivity contribution in [3.05, 3.63) is 42.2 Å². The number of benzene rings is 1. The molecule has 1 fully saturated rings. The van der Waals surface area contributed by atoms with Crippen LogP contribution >= 0.6 is 0 Å². The largest absolute Gasteiger partial charge is 0.360 e. The number of nitrogens with one attached hydrogen (secondary N) is 3. The molecule has 0 atom stereocenters. The van der Waals surface area contributed by atoms with E-state index in [4.69, 9.17) is 4.52 Å². The van der Waals surface area contributed by atoms with Crippen LogP contribution in [0.1, 0.15) is 18.6 Å². The van der Waals surface area contributed by atoms with E-state index in [0.717, 1.165) is 31.6 Å². The number of hydrogen-bond donors (Lipinski definition) is 3. The number of nitrogens with zero attached hydrogens (tertiary/aromatic N) is 1. The molecule has 1 aromatic carbocycles. The molecular weight excluding hydrogens is 320 g/mol. The zero-order valence-electron chi connectivity index (χ0n) is 14.2. The Labute approximate surface area is 146 Å². The quantitative estimate of drug-likeness (QED) is 0.751. The Morgan fingerprint density at radius 1 is 1.20 bits per heavy atom. The van der Waals surface area contributed by atoms with E-state index < -0.39 is 0 Å². The summed E-state index contributed by atoms with van der Waals surface area (Å²) in [6.45, 7) is 3.76. The molecule has 3 N–H and O–H groups in total. The first-order valence-corrected chi connectivity index (χ1v) is 8.53. The molecule has 1 aliphatic rings. The van der Waals surface area contributed by atoms with Crippen LogP contribution in [0.5, 0.6) is 0 Å². The number of aromatic nitrogens is 1. The van der Waals surface area contributed by atoms with Gasteiger partial charge in [0.15, 0.2) is 12.4 Å². The molecule has 7 heteroatoms. The highest BCUT2D eigenvalue weighted by atomic mass is 16.5. The van der Waals surface area contributed by atoms with Gasteiger partial charge in [0.25, 0.3) is 5.91 Å². The lowest BCUT2D eigenvalue weighted by molar-refractivity contribution is -0.897. The molecule has 1 saturated heterocycles. The van der Waals surface area contributed by atoms with E-state index in [0.29, 0.717) is 18.1 Å². The smallest absolute Gasteiger partial charge is 0.280 e. The summed E-state index contributed by atoms with van der Waals surface area (Å²) in [4.78, 5) is 25.6. The van der Waals surface area contributed by atoms with Gasteiger partial charge in [0, 0.05) is 30.5 Å². The Morgan fingerprint density at radius 3 is 2.56 bits per heavy atom. The first-order valence-electron chi connectivity index (χ1n) is 8.53. The Bertz CT molecular complexity index is 721. The predicted octanol–water partition coefficient (Wildman–Crippen LogP) is 0.855. The monoisotopic (exact) mass is 343 g/mol. The molecule has 132 valence electrons. The van der Waals surface area contributed by atoms with Gasteiger partial charge in [-0.25, -0.2) is 0 Å². The van der Waals surface area contributed by atoms with E-state index >= 15 is 0 Å².